The summed E-state index contributed by atoms with van der Waals surface area (Å²) in [6.45, 7) is 1.42. The molecule has 7 heteroatoms. The van der Waals surface area contributed by atoms with E-state index in [2.05, 4.69) is 19.0 Å². The normalized spacial score (nSPS) is 24.2. The zero-order valence-electron chi connectivity index (χ0n) is 10.9. The largest absolute Gasteiger partial charge is 0.394 e. The van der Waals surface area contributed by atoms with Crippen molar-refractivity contribution in [2.45, 2.75) is 10.7 Å². The molecule has 0 bridgehead atoms. The number of hydrogen-bond donors (Lipinski definition) is 1. The second-order valence-corrected chi connectivity index (χ2v) is 6.80. The van der Waals surface area contributed by atoms with Crippen LogP contribution < -0.4 is 0 Å². The van der Waals surface area contributed by atoms with Crippen LogP contribution in [0.1, 0.15) is 0 Å². The molecule has 106 valence electrons. The van der Waals surface area contributed by atoms with Crippen LogP contribution in [0.2, 0.25) is 0 Å². The lowest BCUT2D eigenvalue weighted by atomic mass is 10.4. The highest BCUT2D eigenvalue weighted by molar-refractivity contribution is 8.17. The van der Waals surface area contributed by atoms with Crippen molar-refractivity contribution in [3.8, 4) is 0 Å². The van der Waals surface area contributed by atoms with Crippen molar-refractivity contribution in [2.75, 3.05) is 52.0 Å². The molecular weight excluding hydrogens is 272 g/mol. The van der Waals surface area contributed by atoms with E-state index in [0.29, 0.717) is 25.8 Å². The van der Waals surface area contributed by atoms with Crippen molar-refractivity contribution < 1.29 is 14.6 Å². The van der Waals surface area contributed by atoms with E-state index in [1.165, 1.54) is 0 Å². The highest BCUT2D eigenvalue weighted by Crippen LogP contribution is 2.33. The zero-order valence-corrected chi connectivity index (χ0v) is 12.6. The van der Waals surface area contributed by atoms with Crippen LogP contribution in [0.4, 0.5) is 0 Å². The number of hydrogen-bond acceptors (Lipinski definition) is 6. The Kier molecular flexibility index (Phi) is 8.08. The quantitative estimate of drug-likeness (QED) is 0.508. The van der Waals surface area contributed by atoms with Gasteiger partial charge in [-0.05, 0) is 14.1 Å². The molecule has 0 unspecified atom stereocenters. The monoisotopic (exact) mass is 294 g/mol. The van der Waals surface area contributed by atoms with Crippen molar-refractivity contribution in [1.82, 2.24) is 9.80 Å². The van der Waals surface area contributed by atoms with Gasteiger partial charge >= 0.3 is 0 Å². The van der Waals surface area contributed by atoms with E-state index in [1.807, 2.05) is 23.5 Å². The molecule has 1 heterocycles. The van der Waals surface area contributed by atoms with Crippen molar-refractivity contribution >= 4 is 29.9 Å². The Labute approximate surface area is 117 Å². The van der Waals surface area contributed by atoms with Gasteiger partial charge in [-0.3, -0.25) is 4.79 Å². The fourth-order valence-corrected chi connectivity index (χ4v) is 4.82. The molecule has 1 rings (SSSR count). The highest BCUT2D eigenvalue weighted by Gasteiger charge is 2.27. The third-order valence-corrected chi connectivity index (χ3v) is 5.81. The second kappa shape index (κ2) is 9.03. The molecule has 1 amide bonds. The first kappa shape index (κ1) is 16.1. The summed E-state index contributed by atoms with van der Waals surface area (Å²) in [6.07, 6.45) is 0.892. The summed E-state index contributed by atoms with van der Waals surface area (Å²) in [6, 6.07) is 0.579. The Morgan fingerprint density at radius 2 is 2.00 bits per heavy atom. The maximum atomic E-state index is 11.1. The maximum Gasteiger partial charge on any atom is 0.211 e. The Bertz CT molecular complexity index is 236. The minimum absolute atomic E-state index is 0.0263. The van der Waals surface area contributed by atoms with E-state index >= 15 is 0 Å². The van der Waals surface area contributed by atoms with Gasteiger partial charge in [0.25, 0.3) is 0 Å². The zero-order chi connectivity index (χ0) is 13.4. The Morgan fingerprint density at radius 1 is 1.33 bits per heavy atom. The average Bonchev–Trinajstić information content (AvgIpc) is 2.39. The fraction of sp³-hybridized carbons (Fsp3) is 0.909. The molecule has 0 aliphatic carbocycles. The lowest BCUT2D eigenvalue weighted by molar-refractivity contribution is -0.118. The van der Waals surface area contributed by atoms with Crippen LogP contribution in [-0.2, 0) is 9.53 Å². The molecule has 0 saturated carbocycles. The molecule has 1 aliphatic heterocycles. The van der Waals surface area contributed by atoms with Gasteiger partial charge in [0.1, 0.15) is 4.71 Å². The van der Waals surface area contributed by atoms with Gasteiger partial charge in [0, 0.05) is 24.1 Å². The Hall–Kier alpha value is 0.0500. The molecule has 0 spiro atoms. The first-order valence-electron chi connectivity index (χ1n) is 5.98. The molecule has 1 fully saturated rings. The van der Waals surface area contributed by atoms with Crippen LogP contribution in [0, 0.1) is 0 Å². The van der Waals surface area contributed by atoms with E-state index in [4.69, 9.17) is 9.84 Å². The summed E-state index contributed by atoms with van der Waals surface area (Å²) in [4.78, 5) is 15.1. The maximum absolute atomic E-state index is 11.1. The molecule has 5 nitrogen and oxygen atoms in total. The summed E-state index contributed by atoms with van der Waals surface area (Å²) in [7, 11) is 4.18. The molecule has 1 aliphatic rings. The summed E-state index contributed by atoms with van der Waals surface area (Å²) in [5, 5.41) is 8.60. The topological polar surface area (TPSA) is 53.0 Å². The first-order chi connectivity index (χ1) is 8.69. The number of amides is 1. The van der Waals surface area contributed by atoms with Crippen molar-refractivity contribution in [1.29, 1.82) is 0 Å². The molecule has 0 aromatic rings. The number of aliphatic hydroxyl groups excluding tert-OH is 1. The van der Waals surface area contributed by atoms with Crippen LogP contribution in [0.3, 0.4) is 0 Å². The van der Waals surface area contributed by atoms with Gasteiger partial charge in [-0.25, -0.2) is 0 Å². The number of carbonyl (C=O) groups is 1. The lowest BCUT2D eigenvalue weighted by Gasteiger charge is -2.35. The molecule has 0 aromatic heterocycles. The van der Waals surface area contributed by atoms with Gasteiger partial charge in [0.15, 0.2) is 0 Å². The average molecular weight is 294 g/mol. The number of carbonyl (C=O) groups excluding carboxylic acids is 1. The summed E-state index contributed by atoms with van der Waals surface area (Å²) < 4.78 is 5.38. The number of ether oxygens (including phenoxy) is 1. The SMILES string of the molecule is CN(C)C1CSC(N(C=O)CCOCCO)SC1. The van der Waals surface area contributed by atoms with Gasteiger partial charge in [0.05, 0.1) is 19.8 Å². The smallest absolute Gasteiger partial charge is 0.211 e. The van der Waals surface area contributed by atoms with E-state index < -0.39 is 0 Å². The standard InChI is InChI=1S/C11H22N2O3S2/c1-12(2)10-7-17-11(18-8-10)13(9-15)3-5-16-6-4-14/h9-11,14H,3-8H2,1-2H3. The van der Waals surface area contributed by atoms with Gasteiger partial charge in [0.2, 0.25) is 6.41 Å². The molecule has 0 radical (unpaired) electrons. The van der Waals surface area contributed by atoms with Crippen LogP contribution in [-0.4, -0.2) is 84.0 Å². The van der Waals surface area contributed by atoms with Gasteiger partial charge in [-0.2, -0.15) is 0 Å². The first-order valence-corrected chi connectivity index (χ1v) is 8.08. The molecule has 0 aromatic carbocycles. The predicted molar refractivity (Wildman–Crippen MR) is 76.9 cm³/mol. The number of aliphatic hydroxyl groups is 1. The van der Waals surface area contributed by atoms with E-state index in [9.17, 15) is 4.79 Å². The minimum atomic E-state index is 0.0263. The fourth-order valence-electron chi connectivity index (χ4n) is 1.52. The second-order valence-electron chi connectivity index (χ2n) is 4.27. The summed E-state index contributed by atoms with van der Waals surface area (Å²) in [5.41, 5.74) is 0. The Morgan fingerprint density at radius 3 is 2.50 bits per heavy atom. The molecule has 1 saturated heterocycles. The van der Waals surface area contributed by atoms with E-state index in [0.717, 1.165) is 17.9 Å². The van der Waals surface area contributed by atoms with Crippen molar-refractivity contribution in [2.24, 2.45) is 0 Å². The predicted octanol–water partition coefficient (Wildman–Crippen LogP) is 0.148. The summed E-state index contributed by atoms with van der Waals surface area (Å²) >= 11 is 3.61. The molecule has 0 atom stereocenters. The van der Waals surface area contributed by atoms with Crippen LogP contribution in [0.15, 0.2) is 0 Å². The van der Waals surface area contributed by atoms with Gasteiger partial charge < -0.3 is 19.6 Å². The lowest BCUT2D eigenvalue weighted by Crippen LogP contribution is -2.41. The number of thioether (sulfide) groups is 2. The third kappa shape index (κ3) is 5.36. The molecular formula is C11H22N2O3S2. The van der Waals surface area contributed by atoms with Crippen LogP contribution in [0.25, 0.3) is 0 Å². The van der Waals surface area contributed by atoms with Crippen molar-refractivity contribution in [3.63, 3.8) is 0 Å². The van der Waals surface area contributed by atoms with E-state index in [-0.39, 0.29) is 11.3 Å². The van der Waals surface area contributed by atoms with Crippen molar-refractivity contribution in [3.05, 3.63) is 0 Å². The molecule has 18 heavy (non-hydrogen) atoms. The van der Waals surface area contributed by atoms with E-state index in [1.54, 1.807) is 4.90 Å². The van der Waals surface area contributed by atoms with Crippen LogP contribution in [0.5, 0.6) is 0 Å². The highest BCUT2D eigenvalue weighted by atomic mass is 32.2. The molecule has 1 N–H and O–H groups in total. The van der Waals surface area contributed by atoms with Gasteiger partial charge in [-0.1, -0.05) is 0 Å². The summed E-state index contributed by atoms with van der Waals surface area (Å²) in [5.74, 6) is 2.10. The third-order valence-electron chi connectivity index (χ3n) is 2.73. The number of nitrogens with zero attached hydrogens (tertiary/aromatic N) is 2. The number of rotatable bonds is 8. The Balaban J connectivity index is 2.27. The minimum Gasteiger partial charge on any atom is -0.394 e. The van der Waals surface area contributed by atoms with Gasteiger partial charge in [-0.15, -0.1) is 23.5 Å². The van der Waals surface area contributed by atoms with Crippen LogP contribution >= 0.6 is 23.5 Å².